The molecule has 0 unspecified atom stereocenters. The Kier molecular flexibility index (Phi) is 3.10. The van der Waals surface area contributed by atoms with E-state index in [0.717, 1.165) is 30.1 Å². The van der Waals surface area contributed by atoms with E-state index in [0.29, 0.717) is 0 Å². The summed E-state index contributed by atoms with van der Waals surface area (Å²) in [5.74, 6) is 0.791. The molecule has 5 nitrogen and oxygen atoms in total. The fraction of sp³-hybridized carbons (Fsp3) is 0.214. The molecule has 3 aromatic rings. The molecule has 0 aliphatic carbocycles. The van der Waals surface area contributed by atoms with Crippen LogP contribution in [0.15, 0.2) is 43.0 Å². The number of anilines is 1. The van der Waals surface area contributed by atoms with Gasteiger partial charge in [0.25, 0.3) is 0 Å². The second kappa shape index (κ2) is 5.06. The maximum Gasteiger partial charge on any atom is 0.165 e. The molecule has 0 aliphatic heterocycles. The Balaban J connectivity index is 1.99. The van der Waals surface area contributed by atoms with Crippen molar-refractivity contribution in [3.05, 3.63) is 48.5 Å². The van der Waals surface area contributed by atoms with Crippen molar-refractivity contribution in [2.24, 2.45) is 0 Å². The highest BCUT2D eigenvalue weighted by molar-refractivity contribution is 5.82. The molecular weight excluding hydrogens is 238 g/mol. The predicted octanol–water partition coefficient (Wildman–Crippen LogP) is 2.31. The summed E-state index contributed by atoms with van der Waals surface area (Å²) in [6.07, 6.45) is 3.39. The van der Waals surface area contributed by atoms with Crippen LogP contribution in [-0.4, -0.2) is 26.1 Å². The Morgan fingerprint density at radius 3 is 2.74 bits per heavy atom. The number of rotatable bonds is 4. The Morgan fingerprint density at radius 1 is 1.11 bits per heavy atom. The molecule has 2 aromatic heterocycles. The molecule has 1 aromatic carbocycles. The van der Waals surface area contributed by atoms with E-state index in [4.69, 9.17) is 0 Å². The molecule has 0 saturated heterocycles. The van der Waals surface area contributed by atoms with Gasteiger partial charge >= 0.3 is 0 Å². The van der Waals surface area contributed by atoms with Gasteiger partial charge in [0.05, 0.1) is 12.9 Å². The quantitative estimate of drug-likeness (QED) is 0.775. The average molecular weight is 253 g/mol. The first-order chi connectivity index (χ1) is 9.38. The molecule has 0 atom stereocenters. The number of hydrogen-bond acceptors (Lipinski definition) is 4. The standard InChI is InChI=1S/C14H15N5/c1-2-15-13-12-14(17-9-16-13)19(10-18-12)8-11-6-4-3-5-7-11/h3-7,9-10H,2,8H2,1H3,(H,15,16,17). The van der Waals surface area contributed by atoms with E-state index in [-0.39, 0.29) is 0 Å². The van der Waals surface area contributed by atoms with Crippen LogP contribution in [0.3, 0.4) is 0 Å². The molecule has 0 bridgehead atoms. The van der Waals surface area contributed by atoms with Crippen LogP contribution in [0.25, 0.3) is 11.2 Å². The largest absolute Gasteiger partial charge is 0.368 e. The molecule has 19 heavy (non-hydrogen) atoms. The fourth-order valence-corrected chi connectivity index (χ4v) is 2.07. The molecule has 3 rings (SSSR count). The van der Waals surface area contributed by atoms with E-state index >= 15 is 0 Å². The summed E-state index contributed by atoms with van der Waals surface area (Å²) >= 11 is 0. The lowest BCUT2D eigenvalue weighted by Gasteiger charge is -2.05. The van der Waals surface area contributed by atoms with E-state index < -0.39 is 0 Å². The lowest BCUT2D eigenvalue weighted by Crippen LogP contribution is -2.02. The number of nitrogens with one attached hydrogen (secondary N) is 1. The minimum atomic E-state index is 0.764. The molecule has 5 heteroatoms. The molecular formula is C14H15N5. The van der Waals surface area contributed by atoms with Crippen LogP contribution in [0.1, 0.15) is 12.5 Å². The number of benzene rings is 1. The van der Waals surface area contributed by atoms with Crippen LogP contribution >= 0.6 is 0 Å². The smallest absolute Gasteiger partial charge is 0.165 e. The van der Waals surface area contributed by atoms with Gasteiger partial charge in [-0.1, -0.05) is 30.3 Å². The van der Waals surface area contributed by atoms with Gasteiger partial charge in [-0.15, -0.1) is 0 Å². The van der Waals surface area contributed by atoms with Crippen molar-refractivity contribution in [3.63, 3.8) is 0 Å². The second-order valence-corrected chi connectivity index (χ2v) is 4.28. The van der Waals surface area contributed by atoms with E-state index in [1.54, 1.807) is 6.33 Å². The number of nitrogens with zero attached hydrogens (tertiary/aromatic N) is 4. The minimum Gasteiger partial charge on any atom is -0.368 e. The van der Waals surface area contributed by atoms with Gasteiger partial charge in [-0.05, 0) is 12.5 Å². The summed E-state index contributed by atoms with van der Waals surface area (Å²) in [5.41, 5.74) is 2.90. The molecule has 0 aliphatic rings. The summed E-state index contributed by atoms with van der Waals surface area (Å²) in [6.45, 7) is 3.62. The van der Waals surface area contributed by atoms with E-state index in [1.165, 1.54) is 5.56 Å². The Bertz CT molecular complexity index is 675. The van der Waals surface area contributed by atoms with Crippen molar-refractivity contribution in [1.29, 1.82) is 0 Å². The molecule has 0 amide bonds. The summed E-state index contributed by atoms with van der Waals surface area (Å²) in [6, 6.07) is 10.3. The molecule has 0 radical (unpaired) electrons. The van der Waals surface area contributed by atoms with Gasteiger partial charge in [-0.25, -0.2) is 15.0 Å². The van der Waals surface area contributed by atoms with Gasteiger partial charge < -0.3 is 9.88 Å². The van der Waals surface area contributed by atoms with E-state index in [9.17, 15) is 0 Å². The van der Waals surface area contributed by atoms with E-state index in [2.05, 4.69) is 32.4 Å². The molecule has 2 heterocycles. The van der Waals surface area contributed by atoms with Gasteiger partial charge in [0, 0.05) is 6.54 Å². The van der Waals surface area contributed by atoms with Crippen LogP contribution in [0.4, 0.5) is 5.82 Å². The topological polar surface area (TPSA) is 55.6 Å². The lowest BCUT2D eigenvalue weighted by atomic mass is 10.2. The minimum absolute atomic E-state index is 0.764. The zero-order valence-corrected chi connectivity index (χ0v) is 10.7. The summed E-state index contributed by atoms with van der Waals surface area (Å²) < 4.78 is 2.03. The van der Waals surface area contributed by atoms with Crippen molar-refractivity contribution >= 4 is 17.0 Å². The third kappa shape index (κ3) is 2.27. The fourth-order valence-electron chi connectivity index (χ4n) is 2.07. The van der Waals surface area contributed by atoms with E-state index in [1.807, 2.05) is 36.0 Å². The first-order valence-electron chi connectivity index (χ1n) is 6.32. The van der Waals surface area contributed by atoms with Crippen molar-refractivity contribution < 1.29 is 0 Å². The zero-order valence-electron chi connectivity index (χ0n) is 10.7. The predicted molar refractivity (Wildman–Crippen MR) is 75.0 cm³/mol. The first-order valence-corrected chi connectivity index (χ1v) is 6.32. The van der Waals surface area contributed by atoms with Gasteiger partial charge in [0.2, 0.25) is 0 Å². The van der Waals surface area contributed by atoms with Crippen molar-refractivity contribution in [2.45, 2.75) is 13.5 Å². The number of imidazole rings is 1. The first kappa shape index (κ1) is 11.6. The highest BCUT2D eigenvalue weighted by Crippen LogP contribution is 2.18. The van der Waals surface area contributed by atoms with Crippen LogP contribution < -0.4 is 5.32 Å². The monoisotopic (exact) mass is 253 g/mol. The number of fused-ring (bicyclic) bond motifs is 1. The zero-order chi connectivity index (χ0) is 13.1. The van der Waals surface area contributed by atoms with Gasteiger partial charge in [-0.3, -0.25) is 0 Å². The molecule has 0 saturated carbocycles. The van der Waals surface area contributed by atoms with Gasteiger partial charge in [-0.2, -0.15) is 0 Å². The molecule has 96 valence electrons. The summed E-state index contributed by atoms with van der Waals surface area (Å²) in [4.78, 5) is 13.0. The summed E-state index contributed by atoms with van der Waals surface area (Å²) in [7, 11) is 0. The molecule has 0 spiro atoms. The van der Waals surface area contributed by atoms with Gasteiger partial charge in [0.15, 0.2) is 11.5 Å². The number of aromatic nitrogens is 4. The number of hydrogen-bond donors (Lipinski definition) is 1. The average Bonchev–Trinajstić information content (AvgIpc) is 2.85. The SMILES string of the molecule is CCNc1ncnc2c1ncn2Cc1ccccc1. The Hall–Kier alpha value is -2.43. The second-order valence-electron chi connectivity index (χ2n) is 4.28. The van der Waals surface area contributed by atoms with Crippen LogP contribution in [-0.2, 0) is 6.54 Å². The maximum absolute atomic E-state index is 4.41. The van der Waals surface area contributed by atoms with Gasteiger partial charge in [0.1, 0.15) is 11.8 Å². The maximum atomic E-state index is 4.41. The normalized spacial score (nSPS) is 10.8. The highest BCUT2D eigenvalue weighted by Gasteiger charge is 2.09. The van der Waals surface area contributed by atoms with Crippen LogP contribution in [0.5, 0.6) is 0 Å². The molecule has 0 fully saturated rings. The Morgan fingerprint density at radius 2 is 1.95 bits per heavy atom. The summed E-state index contributed by atoms with van der Waals surface area (Å²) in [5, 5.41) is 3.20. The van der Waals surface area contributed by atoms with Crippen molar-refractivity contribution in [1.82, 2.24) is 19.5 Å². The highest BCUT2D eigenvalue weighted by atomic mass is 15.1. The lowest BCUT2D eigenvalue weighted by molar-refractivity contribution is 0.813. The third-order valence-corrected chi connectivity index (χ3v) is 2.94. The Labute approximate surface area is 111 Å². The van der Waals surface area contributed by atoms with Crippen molar-refractivity contribution in [3.8, 4) is 0 Å². The molecule has 1 N–H and O–H groups in total. The van der Waals surface area contributed by atoms with Crippen LogP contribution in [0, 0.1) is 0 Å². The van der Waals surface area contributed by atoms with Crippen molar-refractivity contribution in [2.75, 3.05) is 11.9 Å². The van der Waals surface area contributed by atoms with Crippen LogP contribution in [0.2, 0.25) is 0 Å². The third-order valence-electron chi connectivity index (χ3n) is 2.94.